The van der Waals surface area contributed by atoms with E-state index in [1.165, 1.54) is 145 Å². The molecular formula is C68H74N2. The molecule has 0 atom stereocenters. The molecule has 0 heterocycles. The fourth-order valence-corrected chi connectivity index (χ4v) is 11.6. The molecule has 1 aliphatic rings. The number of anilines is 6. The number of rotatable bonds is 17. The Labute approximate surface area is 421 Å². The molecule has 0 radical (unpaired) electrons. The fraction of sp³-hybridized carbons (Fsp3) is 0.294. The minimum absolute atomic E-state index is 0.476. The Hall–Kier alpha value is -6.64. The van der Waals surface area contributed by atoms with Crippen molar-refractivity contribution in [3.05, 3.63) is 236 Å². The first-order chi connectivity index (χ1) is 33.9. The molecule has 0 N–H and O–H groups in total. The standard InChI is InChI=1S/C68H74N2/c1-11-14-17-53-24-30-58(31-25-53)69(66-49(7)42-54(18-15-12-2)43-50(66)8)60-34-36-61(37-35-60)70(67-51(9)44-55(19-16-13-3)45-52(67)10)59-32-28-57(29-33-59)68(56-26-20-46(4)21-27-56)64-40-47(5)22-38-62(64)63-39-23-48(6)41-65(63)68/h20-45H,11-19H2,1-10H3. The van der Waals surface area contributed by atoms with Crippen molar-refractivity contribution in [1.82, 2.24) is 0 Å². The van der Waals surface area contributed by atoms with Crippen LogP contribution in [-0.4, -0.2) is 0 Å². The molecule has 0 amide bonds. The lowest BCUT2D eigenvalue weighted by Gasteiger charge is -2.35. The second kappa shape index (κ2) is 20.8. The van der Waals surface area contributed by atoms with Crippen LogP contribution >= 0.6 is 0 Å². The van der Waals surface area contributed by atoms with Gasteiger partial charge in [0, 0.05) is 22.7 Å². The van der Waals surface area contributed by atoms with E-state index in [9.17, 15) is 0 Å². The SMILES string of the molecule is CCCCc1ccc(N(c2ccc(N(c3ccc(C4(c5ccc(C)cc5)c5cc(C)ccc5-c5ccc(C)cc54)cc3)c3c(C)cc(CCCC)cc3C)cc2)c2c(C)cc(CCCC)cc2C)cc1. The summed E-state index contributed by atoms with van der Waals surface area (Å²) in [5, 5.41) is 0. The average Bonchev–Trinajstić information content (AvgIpc) is 3.63. The molecule has 0 bridgehead atoms. The molecular weight excluding hydrogens is 845 g/mol. The summed E-state index contributed by atoms with van der Waals surface area (Å²) in [6, 6.07) is 61.4. The number of hydrogen-bond donors (Lipinski definition) is 0. The summed E-state index contributed by atoms with van der Waals surface area (Å²) in [4.78, 5) is 5.00. The van der Waals surface area contributed by atoms with Gasteiger partial charge in [0.1, 0.15) is 0 Å². The zero-order chi connectivity index (χ0) is 49.1. The van der Waals surface area contributed by atoms with Gasteiger partial charge in [0.15, 0.2) is 0 Å². The van der Waals surface area contributed by atoms with Gasteiger partial charge in [-0.3, -0.25) is 0 Å². The molecule has 0 saturated heterocycles. The Morgan fingerprint density at radius 2 is 0.643 bits per heavy atom. The summed E-state index contributed by atoms with van der Waals surface area (Å²) in [6.45, 7) is 22.7. The van der Waals surface area contributed by atoms with E-state index in [1.54, 1.807) is 0 Å². The van der Waals surface area contributed by atoms with Gasteiger partial charge in [0.05, 0.1) is 16.8 Å². The van der Waals surface area contributed by atoms with Gasteiger partial charge in [-0.2, -0.15) is 0 Å². The summed E-state index contributed by atoms with van der Waals surface area (Å²) >= 11 is 0. The van der Waals surface area contributed by atoms with Gasteiger partial charge < -0.3 is 9.80 Å². The monoisotopic (exact) mass is 919 g/mol. The Morgan fingerprint density at radius 3 is 1.01 bits per heavy atom. The van der Waals surface area contributed by atoms with E-state index in [4.69, 9.17) is 0 Å². The van der Waals surface area contributed by atoms with Crippen LogP contribution in [0.1, 0.15) is 137 Å². The highest BCUT2D eigenvalue weighted by Gasteiger charge is 2.46. The van der Waals surface area contributed by atoms with Crippen LogP contribution in [0.4, 0.5) is 34.1 Å². The van der Waals surface area contributed by atoms with Crippen molar-refractivity contribution in [3.63, 3.8) is 0 Å². The third-order valence-electron chi connectivity index (χ3n) is 15.1. The van der Waals surface area contributed by atoms with Crippen molar-refractivity contribution >= 4 is 34.1 Å². The number of aryl methyl sites for hydroxylation is 10. The number of nitrogens with zero attached hydrogens (tertiary/aromatic N) is 2. The largest absolute Gasteiger partial charge is 0.310 e. The van der Waals surface area contributed by atoms with Crippen LogP contribution in [0.25, 0.3) is 11.1 Å². The van der Waals surface area contributed by atoms with Crippen LogP contribution in [0.15, 0.2) is 158 Å². The number of benzene rings is 8. The zero-order valence-electron chi connectivity index (χ0n) is 43.8. The number of fused-ring (bicyclic) bond motifs is 3. The molecule has 9 rings (SSSR count). The summed E-state index contributed by atoms with van der Waals surface area (Å²) in [5.74, 6) is 0. The molecule has 2 heteroatoms. The van der Waals surface area contributed by atoms with Gasteiger partial charge >= 0.3 is 0 Å². The number of hydrogen-bond acceptors (Lipinski definition) is 2. The zero-order valence-corrected chi connectivity index (χ0v) is 43.8. The Morgan fingerprint density at radius 1 is 0.329 bits per heavy atom. The van der Waals surface area contributed by atoms with Crippen LogP contribution in [0, 0.1) is 48.5 Å². The molecule has 0 aromatic heterocycles. The molecule has 2 nitrogen and oxygen atoms in total. The summed E-state index contributed by atoms with van der Waals surface area (Å²) in [5.41, 5.74) is 27.8. The molecule has 1 aliphatic carbocycles. The van der Waals surface area contributed by atoms with E-state index >= 15 is 0 Å². The van der Waals surface area contributed by atoms with Crippen molar-refractivity contribution in [3.8, 4) is 11.1 Å². The molecule has 0 unspecified atom stereocenters. The molecule has 0 fully saturated rings. The van der Waals surface area contributed by atoms with Gasteiger partial charge in [-0.15, -0.1) is 0 Å². The van der Waals surface area contributed by atoms with Crippen LogP contribution in [-0.2, 0) is 24.7 Å². The molecule has 8 aromatic carbocycles. The third-order valence-corrected chi connectivity index (χ3v) is 15.1. The maximum Gasteiger partial charge on any atom is 0.0713 e. The Balaban J connectivity index is 1.20. The van der Waals surface area contributed by atoms with E-state index in [2.05, 4.69) is 237 Å². The molecule has 8 aromatic rings. The normalized spacial score (nSPS) is 12.5. The summed E-state index contributed by atoms with van der Waals surface area (Å²) in [7, 11) is 0. The lowest BCUT2D eigenvalue weighted by atomic mass is 9.67. The molecule has 356 valence electrons. The first-order valence-corrected chi connectivity index (χ1v) is 26.3. The van der Waals surface area contributed by atoms with E-state index in [-0.39, 0.29) is 0 Å². The van der Waals surface area contributed by atoms with Crippen LogP contribution in [0.5, 0.6) is 0 Å². The maximum absolute atomic E-state index is 2.51. The second-order valence-corrected chi connectivity index (χ2v) is 20.6. The van der Waals surface area contributed by atoms with Crippen LogP contribution in [0.3, 0.4) is 0 Å². The smallest absolute Gasteiger partial charge is 0.0713 e. The van der Waals surface area contributed by atoms with Crippen LogP contribution < -0.4 is 9.80 Å². The number of unbranched alkanes of at least 4 members (excludes halogenated alkanes) is 3. The Kier molecular flexibility index (Phi) is 14.3. The highest BCUT2D eigenvalue weighted by molar-refractivity contribution is 5.88. The van der Waals surface area contributed by atoms with E-state index in [0.717, 1.165) is 36.3 Å². The quantitative estimate of drug-likeness (QED) is 0.0898. The van der Waals surface area contributed by atoms with Gasteiger partial charge in [-0.1, -0.05) is 166 Å². The Bertz CT molecular complexity index is 3000. The summed E-state index contributed by atoms with van der Waals surface area (Å²) in [6.07, 6.45) is 10.5. The second-order valence-electron chi connectivity index (χ2n) is 20.6. The minimum Gasteiger partial charge on any atom is -0.310 e. The van der Waals surface area contributed by atoms with Crippen molar-refractivity contribution < 1.29 is 0 Å². The van der Waals surface area contributed by atoms with Gasteiger partial charge in [-0.25, -0.2) is 0 Å². The fourth-order valence-electron chi connectivity index (χ4n) is 11.6. The highest BCUT2D eigenvalue weighted by Crippen LogP contribution is 2.57. The lowest BCUT2D eigenvalue weighted by molar-refractivity contribution is 0.766. The molecule has 0 saturated carbocycles. The van der Waals surface area contributed by atoms with Crippen molar-refractivity contribution in [1.29, 1.82) is 0 Å². The van der Waals surface area contributed by atoms with Gasteiger partial charge in [-0.05, 0) is 208 Å². The van der Waals surface area contributed by atoms with E-state index < -0.39 is 5.41 Å². The van der Waals surface area contributed by atoms with Gasteiger partial charge in [0.2, 0.25) is 0 Å². The molecule has 70 heavy (non-hydrogen) atoms. The predicted molar refractivity (Wildman–Crippen MR) is 302 cm³/mol. The molecule has 0 aliphatic heterocycles. The highest BCUT2D eigenvalue weighted by atomic mass is 15.2. The first-order valence-electron chi connectivity index (χ1n) is 26.3. The predicted octanol–water partition coefficient (Wildman–Crippen LogP) is 19.2. The summed E-state index contributed by atoms with van der Waals surface area (Å²) < 4.78 is 0. The minimum atomic E-state index is -0.476. The third kappa shape index (κ3) is 9.26. The van der Waals surface area contributed by atoms with Crippen LogP contribution in [0.2, 0.25) is 0 Å². The van der Waals surface area contributed by atoms with E-state index in [1.807, 2.05) is 0 Å². The first kappa shape index (κ1) is 48.4. The topological polar surface area (TPSA) is 6.48 Å². The maximum atomic E-state index is 2.51. The lowest BCUT2D eigenvalue weighted by Crippen LogP contribution is -2.29. The van der Waals surface area contributed by atoms with Gasteiger partial charge in [0.25, 0.3) is 0 Å². The molecule has 0 spiro atoms. The van der Waals surface area contributed by atoms with Crippen molar-refractivity contribution in [2.24, 2.45) is 0 Å². The van der Waals surface area contributed by atoms with Crippen molar-refractivity contribution in [2.45, 2.75) is 132 Å². The van der Waals surface area contributed by atoms with E-state index in [0.29, 0.717) is 0 Å². The van der Waals surface area contributed by atoms with Crippen molar-refractivity contribution in [2.75, 3.05) is 9.80 Å². The average molecular weight is 919 g/mol.